The second kappa shape index (κ2) is 11.6. The van der Waals surface area contributed by atoms with Gasteiger partial charge in [0, 0.05) is 0 Å². The van der Waals surface area contributed by atoms with Gasteiger partial charge < -0.3 is 0 Å². The van der Waals surface area contributed by atoms with Crippen molar-refractivity contribution in [2.75, 3.05) is 18.5 Å². The third-order valence-corrected chi connectivity index (χ3v) is 19.9. The summed E-state index contributed by atoms with van der Waals surface area (Å²) in [5, 5.41) is 0. The molecule has 0 radical (unpaired) electrons. The molecule has 0 aliphatic rings. The molecule has 0 bridgehead atoms. The SMILES string of the molecule is CCCCP(CCCC)(CCCC)(Cc1ccccc1)N(S(=O)(=O)C(F)(F)F)S(=O)(=O)C(F)(F)F. The van der Waals surface area contributed by atoms with Crippen molar-refractivity contribution in [2.24, 2.45) is 0 Å². The van der Waals surface area contributed by atoms with Crippen molar-refractivity contribution in [2.45, 2.75) is 76.5 Å². The Morgan fingerprint density at radius 3 is 1.31 bits per heavy atom. The van der Waals surface area contributed by atoms with E-state index in [1.807, 2.05) is 0 Å². The van der Waals surface area contributed by atoms with Gasteiger partial charge >= 0.3 is 204 Å². The van der Waals surface area contributed by atoms with Crippen molar-refractivity contribution in [3.8, 4) is 0 Å². The van der Waals surface area contributed by atoms with Crippen LogP contribution in [-0.4, -0.2) is 49.8 Å². The fourth-order valence-electron chi connectivity index (χ4n) is 4.53. The normalized spacial score (nSPS) is 15.2. The van der Waals surface area contributed by atoms with Crippen LogP contribution in [-0.2, 0) is 26.2 Å². The number of sulfonamides is 2. The summed E-state index contributed by atoms with van der Waals surface area (Å²) >= 11 is 0. The van der Waals surface area contributed by atoms with E-state index in [1.54, 1.807) is 26.8 Å². The van der Waals surface area contributed by atoms with Crippen molar-refractivity contribution >= 4 is 26.8 Å². The van der Waals surface area contributed by atoms with Gasteiger partial charge in [-0.2, -0.15) is 0 Å². The number of alkyl halides is 6. The molecule has 0 aliphatic heterocycles. The predicted molar refractivity (Wildman–Crippen MR) is 128 cm³/mol. The van der Waals surface area contributed by atoms with E-state index in [4.69, 9.17) is 0 Å². The second-order valence-electron chi connectivity index (χ2n) is 8.86. The maximum atomic E-state index is 14.0. The number of hydrogen-bond acceptors (Lipinski definition) is 4. The van der Waals surface area contributed by atoms with E-state index >= 15 is 0 Å². The molecule has 1 aromatic rings. The van der Waals surface area contributed by atoms with Gasteiger partial charge in [0.2, 0.25) is 0 Å². The molecule has 206 valence electrons. The quantitative estimate of drug-likeness (QED) is 0.177. The first kappa shape index (κ1) is 32.1. The second-order valence-corrected chi connectivity index (χ2v) is 19.1. The van der Waals surface area contributed by atoms with Gasteiger partial charge in [0.05, 0.1) is 0 Å². The van der Waals surface area contributed by atoms with Gasteiger partial charge in [-0.25, -0.2) is 0 Å². The van der Waals surface area contributed by atoms with Gasteiger partial charge in [0.1, 0.15) is 0 Å². The van der Waals surface area contributed by atoms with Crippen LogP contribution in [0.3, 0.4) is 0 Å². The molecule has 35 heavy (non-hydrogen) atoms. The molecule has 14 heteroatoms. The summed E-state index contributed by atoms with van der Waals surface area (Å²) in [5.41, 5.74) is -12.2. The molecule has 0 saturated heterocycles. The monoisotopic (exact) mass is 573 g/mol. The van der Waals surface area contributed by atoms with Crippen molar-refractivity contribution in [3.63, 3.8) is 0 Å². The van der Waals surface area contributed by atoms with E-state index < -0.39 is 47.5 Å². The standard InChI is InChI=1S/C21H34F6NO4PS2/c1-4-7-15-33(16-8-5-2,17-9-6-3,18-19-13-11-10-12-14-19)28(34(29,30)20(22,23)24)35(31,32)21(25,26)27/h10-14H,4-9,15-18H2,1-3H3. The Morgan fingerprint density at radius 1 is 0.686 bits per heavy atom. The number of hydrogen-bond donors (Lipinski definition) is 0. The zero-order valence-corrected chi connectivity index (χ0v) is 22.6. The molecular formula is C21H34F6NO4PS2. The molecule has 1 aromatic carbocycles. The first-order valence-corrected chi connectivity index (χ1v) is 17.2. The number of unbranched alkanes of at least 4 members (excludes halogenated alkanes) is 3. The fraction of sp³-hybridized carbons (Fsp3) is 0.714. The van der Waals surface area contributed by atoms with E-state index in [1.165, 1.54) is 24.3 Å². The fourth-order valence-corrected chi connectivity index (χ4v) is 20.0. The third-order valence-electron chi connectivity index (χ3n) is 6.15. The predicted octanol–water partition coefficient (Wildman–Crippen LogP) is 7.06. The van der Waals surface area contributed by atoms with Gasteiger partial charge in [-0.05, 0) is 0 Å². The maximum absolute atomic E-state index is 14.0. The van der Waals surface area contributed by atoms with E-state index in [0.717, 1.165) is 0 Å². The minimum absolute atomic E-state index is 0.0787. The Bertz CT molecular complexity index is 960. The van der Waals surface area contributed by atoms with Crippen LogP contribution in [0.15, 0.2) is 30.3 Å². The van der Waals surface area contributed by atoms with Gasteiger partial charge in [0.25, 0.3) is 0 Å². The Hall–Kier alpha value is -0.910. The van der Waals surface area contributed by atoms with Crippen LogP contribution >= 0.6 is 6.75 Å². The van der Waals surface area contributed by atoms with Gasteiger partial charge in [0.15, 0.2) is 0 Å². The summed E-state index contributed by atoms with van der Waals surface area (Å²) in [5.74, 6) is 0. The molecule has 0 amide bonds. The van der Waals surface area contributed by atoms with Crippen LogP contribution in [0.4, 0.5) is 26.3 Å². The summed E-state index contributed by atoms with van der Waals surface area (Å²) in [4.78, 5) is 0. The summed E-state index contributed by atoms with van der Waals surface area (Å²) in [7, 11) is -13.8. The molecule has 0 heterocycles. The zero-order chi connectivity index (χ0) is 27.2. The first-order chi connectivity index (χ1) is 15.9. The number of nitrogens with zero attached hydrogens (tertiary/aromatic N) is 1. The average Bonchev–Trinajstić information content (AvgIpc) is 2.74. The summed E-state index contributed by atoms with van der Waals surface area (Å²) in [6, 6.07) is 7.61. The van der Waals surface area contributed by atoms with Crippen molar-refractivity contribution < 1.29 is 43.2 Å². The first-order valence-electron chi connectivity index (χ1n) is 11.4. The van der Waals surface area contributed by atoms with Gasteiger partial charge in [-0.15, -0.1) is 0 Å². The van der Waals surface area contributed by atoms with E-state index in [-0.39, 0.29) is 37.7 Å². The van der Waals surface area contributed by atoms with Crippen LogP contribution in [0.1, 0.15) is 64.9 Å². The molecule has 1 rings (SSSR count). The molecule has 0 aromatic heterocycles. The van der Waals surface area contributed by atoms with Crippen LogP contribution < -0.4 is 0 Å². The molecule has 0 aliphatic carbocycles. The molecular weight excluding hydrogens is 539 g/mol. The molecule has 0 fully saturated rings. The summed E-state index contributed by atoms with van der Waals surface area (Å²) in [6.07, 6.45) is -0.341. The Morgan fingerprint density at radius 2 is 1.03 bits per heavy atom. The van der Waals surface area contributed by atoms with E-state index in [2.05, 4.69) is 0 Å². The van der Waals surface area contributed by atoms with Crippen LogP contribution in [0, 0.1) is 0 Å². The molecule has 0 unspecified atom stereocenters. The molecule has 0 saturated carbocycles. The number of halogens is 6. The van der Waals surface area contributed by atoms with Crippen molar-refractivity contribution in [3.05, 3.63) is 35.9 Å². The summed E-state index contributed by atoms with van der Waals surface area (Å²) < 4.78 is 135. The van der Waals surface area contributed by atoms with Crippen LogP contribution in [0.5, 0.6) is 0 Å². The van der Waals surface area contributed by atoms with E-state index in [0.29, 0.717) is 24.8 Å². The van der Waals surface area contributed by atoms with Gasteiger partial charge in [-0.3, -0.25) is 0 Å². The average molecular weight is 574 g/mol. The third kappa shape index (κ3) is 6.70. The number of rotatable bonds is 14. The minimum atomic E-state index is -6.92. The van der Waals surface area contributed by atoms with Crippen molar-refractivity contribution in [1.82, 2.24) is 3.48 Å². The molecule has 5 nitrogen and oxygen atoms in total. The number of benzene rings is 1. The van der Waals surface area contributed by atoms with Gasteiger partial charge in [-0.1, -0.05) is 0 Å². The molecule has 0 N–H and O–H groups in total. The molecule has 0 spiro atoms. The van der Waals surface area contributed by atoms with E-state index in [9.17, 15) is 43.2 Å². The Balaban J connectivity index is 4.37. The molecule has 0 atom stereocenters. The summed E-state index contributed by atoms with van der Waals surface area (Å²) in [6.45, 7) is -0.0941. The Kier molecular flexibility index (Phi) is 10.7. The van der Waals surface area contributed by atoms with Crippen LogP contribution in [0.25, 0.3) is 0 Å². The Labute approximate surface area is 204 Å². The van der Waals surface area contributed by atoms with Crippen LogP contribution in [0.2, 0.25) is 0 Å². The zero-order valence-electron chi connectivity index (χ0n) is 20.1. The van der Waals surface area contributed by atoms with Crippen molar-refractivity contribution in [1.29, 1.82) is 0 Å². The topological polar surface area (TPSA) is 71.5 Å².